The van der Waals surface area contributed by atoms with Gasteiger partial charge >= 0.3 is 17.8 Å². The molecule has 36 heavy (non-hydrogen) atoms. The summed E-state index contributed by atoms with van der Waals surface area (Å²) < 4.78 is 48.1. The number of halogens is 3. The van der Waals surface area contributed by atoms with Crippen LogP contribution >= 0.6 is 0 Å². The van der Waals surface area contributed by atoms with Crippen LogP contribution in [-0.2, 0) is 14.3 Å². The number of fused-ring (bicyclic) bond motifs is 1. The van der Waals surface area contributed by atoms with Crippen LogP contribution in [0.15, 0.2) is 82.1 Å². The van der Waals surface area contributed by atoms with Crippen molar-refractivity contribution in [1.29, 1.82) is 0 Å². The average Bonchev–Trinajstić information content (AvgIpc) is 3.28. The van der Waals surface area contributed by atoms with Crippen LogP contribution in [-0.4, -0.2) is 41.0 Å². The second-order valence-electron chi connectivity index (χ2n) is 7.53. The maximum atomic E-state index is 12.7. The Morgan fingerprint density at radius 3 is 2.56 bits per heavy atom. The van der Waals surface area contributed by atoms with Crippen molar-refractivity contribution in [3.8, 4) is 16.9 Å². The minimum Gasteiger partial charge on any atom is -0.452 e. The Hall–Kier alpha value is -4.67. The molecule has 0 aliphatic heterocycles. The van der Waals surface area contributed by atoms with Crippen molar-refractivity contribution in [2.45, 2.75) is 6.18 Å². The molecule has 11 heteroatoms. The van der Waals surface area contributed by atoms with E-state index in [-0.39, 0.29) is 11.3 Å². The molecule has 1 N–H and O–H groups in total. The number of nitrogens with one attached hydrogen (secondary N) is 1. The van der Waals surface area contributed by atoms with Gasteiger partial charge in [-0.3, -0.25) is 4.79 Å². The number of hydrogen-bond acceptors (Lipinski definition) is 6. The normalized spacial score (nSPS) is 11.6. The van der Waals surface area contributed by atoms with Crippen molar-refractivity contribution in [3.63, 3.8) is 0 Å². The van der Waals surface area contributed by atoms with Gasteiger partial charge in [-0.25, -0.2) is 14.3 Å². The number of para-hydroxylation sites is 2. The van der Waals surface area contributed by atoms with Crippen LogP contribution in [0.5, 0.6) is 0 Å². The fraction of sp³-hybridized carbons (Fsp3) is 0.120. The molecule has 0 radical (unpaired) electrons. The largest absolute Gasteiger partial charge is 0.452 e. The van der Waals surface area contributed by atoms with Gasteiger partial charge < -0.3 is 14.5 Å². The zero-order valence-corrected chi connectivity index (χ0v) is 18.5. The molecule has 184 valence electrons. The first-order valence-corrected chi connectivity index (χ1v) is 10.6. The average molecular weight is 497 g/mol. The number of rotatable bonds is 7. The van der Waals surface area contributed by atoms with Crippen LogP contribution in [0.4, 0.5) is 13.2 Å². The van der Waals surface area contributed by atoms with E-state index in [1.54, 1.807) is 66.1 Å². The van der Waals surface area contributed by atoms with Crippen LogP contribution in [0.3, 0.4) is 0 Å². The lowest BCUT2D eigenvalue weighted by Gasteiger charge is -2.07. The molecular formula is C25H18F3N3O5. The van der Waals surface area contributed by atoms with Gasteiger partial charge in [-0.1, -0.05) is 36.4 Å². The second kappa shape index (κ2) is 10.3. The van der Waals surface area contributed by atoms with E-state index >= 15 is 0 Å². The number of hydrogen-bond donors (Lipinski definition) is 1. The number of aromatic nitrogens is 2. The first kappa shape index (κ1) is 24.5. The third-order valence-corrected chi connectivity index (χ3v) is 4.89. The molecule has 0 saturated heterocycles. The van der Waals surface area contributed by atoms with E-state index in [4.69, 9.17) is 9.15 Å². The predicted octanol–water partition coefficient (Wildman–Crippen LogP) is 3.88. The summed E-state index contributed by atoms with van der Waals surface area (Å²) in [4.78, 5) is 36.2. The van der Waals surface area contributed by atoms with Gasteiger partial charge in [0, 0.05) is 23.2 Å². The van der Waals surface area contributed by atoms with E-state index in [0.717, 1.165) is 6.08 Å². The van der Waals surface area contributed by atoms with Crippen LogP contribution in [0.1, 0.15) is 5.56 Å². The lowest BCUT2D eigenvalue weighted by atomic mass is 10.1. The zero-order chi connectivity index (χ0) is 25.7. The Bertz CT molecular complexity index is 1490. The summed E-state index contributed by atoms with van der Waals surface area (Å²) >= 11 is 0. The van der Waals surface area contributed by atoms with E-state index in [9.17, 15) is 27.6 Å². The second-order valence-corrected chi connectivity index (χ2v) is 7.53. The Labute approximate surface area is 201 Å². The Kier molecular flexibility index (Phi) is 7.00. The zero-order valence-electron chi connectivity index (χ0n) is 18.5. The van der Waals surface area contributed by atoms with Gasteiger partial charge in [0.15, 0.2) is 6.61 Å². The molecule has 2 aromatic carbocycles. The van der Waals surface area contributed by atoms with Crippen molar-refractivity contribution in [3.05, 3.63) is 88.9 Å². The number of alkyl halides is 3. The van der Waals surface area contributed by atoms with Gasteiger partial charge in [0.25, 0.3) is 5.91 Å². The van der Waals surface area contributed by atoms with Gasteiger partial charge in [-0.15, -0.1) is 0 Å². The van der Waals surface area contributed by atoms with Crippen LogP contribution in [0.25, 0.3) is 34.0 Å². The minimum atomic E-state index is -4.58. The van der Waals surface area contributed by atoms with Crippen LogP contribution in [0.2, 0.25) is 0 Å². The molecule has 0 fully saturated rings. The van der Waals surface area contributed by atoms with Crippen LogP contribution < -0.4 is 10.9 Å². The van der Waals surface area contributed by atoms with E-state index in [1.165, 1.54) is 10.8 Å². The summed E-state index contributed by atoms with van der Waals surface area (Å²) in [5.74, 6) is -2.07. The highest BCUT2D eigenvalue weighted by Gasteiger charge is 2.27. The van der Waals surface area contributed by atoms with E-state index < -0.39 is 36.8 Å². The summed E-state index contributed by atoms with van der Waals surface area (Å²) in [6.07, 6.45) is -0.689. The van der Waals surface area contributed by atoms with Gasteiger partial charge in [0.05, 0.1) is 11.3 Å². The molecule has 4 aromatic rings. The molecule has 0 bridgehead atoms. The molecule has 0 unspecified atom stereocenters. The first-order chi connectivity index (χ1) is 17.2. The molecule has 8 nitrogen and oxygen atoms in total. The van der Waals surface area contributed by atoms with Crippen molar-refractivity contribution >= 4 is 28.9 Å². The van der Waals surface area contributed by atoms with Crippen molar-refractivity contribution in [1.82, 2.24) is 15.1 Å². The number of amides is 1. The molecule has 2 heterocycles. The smallest absolute Gasteiger partial charge is 0.405 e. The first-order valence-electron chi connectivity index (χ1n) is 10.6. The number of carbonyl (C=O) groups is 2. The highest BCUT2D eigenvalue weighted by atomic mass is 19.4. The third-order valence-electron chi connectivity index (χ3n) is 4.89. The number of esters is 1. The summed E-state index contributed by atoms with van der Waals surface area (Å²) in [7, 11) is 0. The molecule has 0 aliphatic rings. The van der Waals surface area contributed by atoms with Crippen LogP contribution in [0, 0.1) is 0 Å². The molecule has 0 aliphatic carbocycles. The molecule has 0 spiro atoms. The number of benzene rings is 2. The Morgan fingerprint density at radius 2 is 1.81 bits per heavy atom. The summed E-state index contributed by atoms with van der Waals surface area (Å²) in [5, 5.41) is 6.77. The predicted molar refractivity (Wildman–Crippen MR) is 124 cm³/mol. The maximum absolute atomic E-state index is 12.7. The molecule has 0 atom stereocenters. The fourth-order valence-electron chi connectivity index (χ4n) is 3.25. The maximum Gasteiger partial charge on any atom is 0.405 e. The molecule has 2 aromatic heterocycles. The molecule has 4 rings (SSSR count). The van der Waals surface area contributed by atoms with E-state index in [1.807, 2.05) is 6.07 Å². The summed E-state index contributed by atoms with van der Waals surface area (Å²) in [5.41, 5.74) is 1.20. The molecule has 1 amide bonds. The molecular weight excluding hydrogens is 479 g/mol. The topological polar surface area (TPSA) is 103 Å². The minimum absolute atomic E-state index is 0.155. The number of nitrogens with zero attached hydrogens (tertiary/aromatic N) is 2. The summed E-state index contributed by atoms with van der Waals surface area (Å²) in [6, 6.07) is 17.6. The van der Waals surface area contributed by atoms with Crippen molar-refractivity contribution in [2.75, 3.05) is 13.2 Å². The van der Waals surface area contributed by atoms with Gasteiger partial charge in [-0.2, -0.15) is 18.3 Å². The quantitative estimate of drug-likeness (QED) is 0.236. The SMILES string of the molecule is O=C(COC(=O)/C=C/c1cn(-c2ccccc2)nc1-c1cc2ccccc2oc1=O)NCC(F)(F)F. The van der Waals surface area contributed by atoms with Gasteiger partial charge in [-0.05, 0) is 30.3 Å². The monoisotopic (exact) mass is 497 g/mol. The van der Waals surface area contributed by atoms with Gasteiger partial charge in [0.1, 0.15) is 17.8 Å². The fourth-order valence-corrected chi connectivity index (χ4v) is 3.25. The molecule has 0 saturated carbocycles. The van der Waals surface area contributed by atoms with Crippen molar-refractivity contribution in [2.24, 2.45) is 0 Å². The van der Waals surface area contributed by atoms with E-state index in [2.05, 4.69) is 5.10 Å². The lowest BCUT2D eigenvalue weighted by molar-refractivity contribution is -0.148. The van der Waals surface area contributed by atoms with E-state index in [0.29, 0.717) is 22.2 Å². The third kappa shape index (κ3) is 6.06. The highest BCUT2D eigenvalue weighted by Crippen LogP contribution is 2.25. The van der Waals surface area contributed by atoms with Gasteiger partial charge in [0.2, 0.25) is 0 Å². The Morgan fingerprint density at radius 1 is 1.08 bits per heavy atom. The van der Waals surface area contributed by atoms with Crippen molar-refractivity contribution < 1.29 is 31.9 Å². The number of carbonyl (C=O) groups excluding carboxylic acids is 2. The lowest BCUT2D eigenvalue weighted by Crippen LogP contribution is -2.36. The summed E-state index contributed by atoms with van der Waals surface area (Å²) in [6.45, 7) is -2.42. The number of ether oxygens (including phenoxy) is 1. The Balaban J connectivity index is 1.61. The highest BCUT2D eigenvalue weighted by molar-refractivity contribution is 5.91. The standard InChI is InChI=1S/C25H18F3N3O5/c26-25(27,28)15-29-21(32)14-35-22(33)11-10-17-13-31(18-7-2-1-3-8-18)30-23(17)19-12-16-6-4-5-9-20(16)36-24(19)34/h1-13H,14-15H2,(H,29,32)/b11-10+.